The van der Waals surface area contributed by atoms with E-state index in [1.54, 1.807) is 14.2 Å². The van der Waals surface area contributed by atoms with Gasteiger partial charge in [-0.15, -0.1) is 0 Å². The first-order chi connectivity index (χ1) is 6.70. The van der Waals surface area contributed by atoms with E-state index in [2.05, 4.69) is 0 Å². The van der Waals surface area contributed by atoms with Crippen molar-refractivity contribution in [3.8, 4) is 0 Å². The van der Waals surface area contributed by atoms with Crippen LogP contribution in [0.1, 0.15) is 38.5 Å². The summed E-state index contributed by atoms with van der Waals surface area (Å²) >= 11 is 0. The highest BCUT2D eigenvalue weighted by molar-refractivity contribution is 4.85. The van der Waals surface area contributed by atoms with E-state index in [1.165, 1.54) is 0 Å². The molecule has 0 amide bonds. The minimum Gasteiger partial charge on any atom is -0.390 e. The Bertz CT molecular complexity index is 145. The maximum atomic E-state index is 10.2. The van der Waals surface area contributed by atoms with Crippen molar-refractivity contribution in [1.82, 2.24) is 0 Å². The summed E-state index contributed by atoms with van der Waals surface area (Å²) in [7, 11) is 3.45. The van der Waals surface area contributed by atoms with Crippen LogP contribution in [-0.2, 0) is 9.47 Å². The summed E-state index contributed by atoms with van der Waals surface area (Å²) < 4.78 is 10.3. The summed E-state index contributed by atoms with van der Waals surface area (Å²) in [5.41, 5.74) is -0.451. The summed E-state index contributed by atoms with van der Waals surface area (Å²) in [5, 5.41) is 10.2. The molecule has 3 nitrogen and oxygen atoms in total. The molecular weight excluding hydrogens is 180 g/mol. The molecule has 0 spiro atoms. The van der Waals surface area contributed by atoms with Gasteiger partial charge in [-0.1, -0.05) is 0 Å². The number of hydrogen-bond acceptors (Lipinski definition) is 3. The molecule has 0 aliphatic heterocycles. The molecule has 1 saturated carbocycles. The zero-order valence-electron chi connectivity index (χ0n) is 9.29. The molecule has 3 heteroatoms. The average molecular weight is 202 g/mol. The first-order valence-corrected chi connectivity index (χ1v) is 5.44. The lowest BCUT2D eigenvalue weighted by atomic mass is 9.80. The number of ether oxygens (including phenoxy) is 2. The fraction of sp³-hybridized carbons (Fsp3) is 1.00. The van der Waals surface area contributed by atoms with E-state index in [4.69, 9.17) is 9.47 Å². The summed E-state index contributed by atoms with van der Waals surface area (Å²) in [6, 6.07) is 0. The monoisotopic (exact) mass is 202 g/mol. The van der Waals surface area contributed by atoms with Crippen LogP contribution in [0, 0.1) is 0 Å². The van der Waals surface area contributed by atoms with Crippen molar-refractivity contribution in [2.24, 2.45) is 0 Å². The predicted octanol–water partition coefficient (Wildman–Crippen LogP) is 1.73. The normalized spacial score (nSPS) is 33.2. The molecular formula is C11H22O3. The third-order valence-corrected chi connectivity index (χ3v) is 3.19. The van der Waals surface area contributed by atoms with Crippen molar-refractivity contribution in [3.63, 3.8) is 0 Å². The lowest BCUT2D eigenvalue weighted by molar-refractivity contribution is -0.0515. The predicted molar refractivity (Wildman–Crippen MR) is 55.3 cm³/mol. The molecule has 0 aromatic rings. The van der Waals surface area contributed by atoms with E-state index in [9.17, 15) is 5.11 Å². The van der Waals surface area contributed by atoms with Gasteiger partial charge in [-0.2, -0.15) is 0 Å². The molecule has 0 unspecified atom stereocenters. The van der Waals surface area contributed by atoms with Gasteiger partial charge in [0.05, 0.1) is 11.7 Å². The Morgan fingerprint density at radius 2 is 1.93 bits per heavy atom. The van der Waals surface area contributed by atoms with Crippen LogP contribution in [0.15, 0.2) is 0 Å². The van der Waals surface area contributed by atoms with Crippen LogP contribution >= 0.6 is 0 Å². The Balaban J connectivity index is 2.23. The third kappa shape index (κ3) is 3.56. The van der Waals surface area contributed by atoms with Crippen molar-refractivity contribution in [3.05, 3.63) is 0 Å². The van der Waals surface area contributed by atoms with Gasteiger partial charge in [0.2, 0.25) is 0 Å². The van der Waals surface area contributed by atoms with Crippen molar-refractivity contribution in [1.29, 1.82) is 0 Å². The molecule has 0 heterocycles. The Hall–Kier alpha value is -0.120. The molecule has 0 aromatic carbocycles. The Labute approximate surface area is 86.4 Å². The number of hydrogen-bond donors (Lipinski definition) is 1. The SMILES string of the molecule is COCCCC1(O)CCC(OC)CC1. The van der Waals surface area contributed by atoms with E-state index >= 15 is 0 Å². The molecule has 1 aliphatic carbocycles. The fourth-order valence-corrected chi connectivity index (χ4v) is 2.16. The molecule has 0 atom stereocenters. The molecule has 0 bridgehead atoms. The highest BCUT2D eigenvalue weighted by Gasteiger charge is 2.32. The molecule has 84 valence electrons. The van der Waals surface area contributed by atoms with E-state index in [0.29, 0.717) is 6.10 Å². The first kappa shape index (κ1) is 12.0. The minimum atomic E-state index is -0.451. The number of rotatable bonds is 5. The molecule has 1 fully saturated rings. The first-order valence-electron chi connectivity index (χ1n) is 5.44. The third-order valence-electron chi connectivity index (χ3n) is 3.19. The van der Waals surface area contributed by atoms with Gasteiger partial charge in [-0.25, -0.2) is 0 Å². The van der Waals surface area contributed by atoms with Crippen LogP contribution in [0.3, 0.4) is 0 Å². The second-order valence-electron chi connectivity index (χ2n) is 4.26. The van der Waals surface area contributed by atoms with E-state index in [-0.39, 0.29) is 0 Å². The van der Waals surface area contributed by atoms with Gasteiger partial charge in [0, 0.05) is 20.8 Å². The van der Waals surface area contributed by atoms with Gasteiger partial charge in [0.1, 0.15) is 0 Å². The average Bonchev–Trinajstić information content (AvgIpc) is 2.19. The molecule has 0 radical (unpaired) electrons. The summed E-state index contributed by atoms with van der Waals surface area (Å²) in [6.45, 7) is 0.746. The second-order valence-corrected chi connectivity index (χ2v) is 4.26. The van der Waals surface area contributed by atoms with Crippen molar-refractivity contribution in [2.75, 3.05) is 20.8 Å². The number of aliphatic hydroxyl groups is 1. The lowest BCUT2D eigenvalue weighted by Crippen LogP contribution is -2.36. The second kappa shape index (κ2) is 5.69. The lowest BCUT2D eigenvalue weighted by Gasteiger charge is -2.35. The van der Waals surface area contributed by atoms with Crippen LogP contribution in [0.4, 0.5) is 0 Å². The van der Waals surface area contributed by atoms with Crippen LogP contribution in [0.25, 0.3) is 0 Å². The van der Waals surface area contributed by atoms with Crippen molar-refractivity contribution < 1.29 is 14.6 Å². The fourth-order valence-electron chi connectivity index (χ4n) is 2.16. The molecule has 1 rings (SSSR count). The summed E-state index contributed by atoms with van der Waals surface area (Å²) in [6.07, 6.45) is 5.88. The van der Waals surface area contributed by atoms with E-state index in [0.717, 1.165) is 45.1 Å². The molecule has 14 heavy (non-hydrogen) atoms. The van der Waals surface area contributed by atoms with Gasteiger partial charge in [-0.3, -0.25) is 0 Å². The summed E-state index contributed by atoms with van der Waals surface area (Å²) in [5.74, 6) is 0. The van der Waals surface area contributed by atoms with Crippen molar-refractivity contribution in [2.45, 2.75) is 50.2 Å². The molecule has 0 saturated heterocycles. The number of methoxy groups -OCH3 is 2. The van der Waals surface area contributed by atoms with Gasteiger partial charge in [0.25, 0.3) is 0 Å². The van der Waals surface area contributed by atoms with Gasteiger partial charge >= 0.3 is 0 Å². The topological polar surface area (TPSA) is 38.7 Å². The zero-order valence-corrected chi connectivity index (χ0v) is 9.29. The van der Waals surface area contributed by atoms with Crippen molar-refractivity contribution >= 4 is 0 Å². The maximum absolute atomic E-state index is 10.2. The Morgan fingerprint density at radius 3 is 2.43 bits per heavy atom. The maximum Gasteiger partial charge on any atom is 0.0650 e. The van der Waals surface area contributed by atoms with E-state index in [1.807, 2.05) is 0 Å². The van der Waals surface area contributed by atoms with Crippen LogP contribution in [0.5, 0.6) is 0 Å². The van der Waals surface area contributed by atoms with Crippen LogP contribution in [0.2, 0.25) is 0 Å². The summed E-state index contributed by atoms with van der Waals surface area (Å²) in [4.78, 5) is 0. The smallest absolute Gasteiger partial charge is 0.0650 e. The van der Waals surface area contributed by atoms with E-state index < -0.39 is 5.60 Å². The van der Waals surface area contributed by atoms with Crippen LogP contribution in [-0.4, -0.2) is 37.6 Å². The molecule has 1 N–H and O–H groups in total. The molecule has 1 aliphatic rings. The minimum absolute atomic E-state index is 0.359. The van der Waals surface area contributed by atoms with Gasteiger partial charge in [0.15, 0.2) is 0 Å². The van der Waals surface area contributed by atoms with Crippen LogP contribution < -0.4 is 0 Å². The molecule has 0 aromatic heterocycles. The highest BCUT2D eigenvalue weighted by atomic mass is 16.5. The quantitative estimate of drug-likeness (QED) is 0.690. The Kier molecular flexibility index (Phi) is 4.85. The highest BCUT2D eigenvalue weighted by Crippen LogP contribution is 2.32. The Morgan fingerprint density at radius 1 is 1.29 bits per heavy atom. The zero-order chi connectivity index (χ0) is 10.4. The standard InChI is InChI=1S/C11H22O3/c1-13-9-3-6-11(12)7-4-10(14-2)5-8-11/h10,12H,3-9H2,1-2H3. The van der Waals surface area contributed by atoms with Gasteiger partial charge in [-0.05, 0) is 38.5 Å². The van der Waals surface area contributed by atoms with Gasteiger partial charge < -0.3 is 14.6 Å². The largest absolute Gasteiger partial charge is 0.390 e.